The molecule has 1 aromatic heterocycles. The van der Waals surface area contributed by atoms with E-state index in [0.29, 0.717) is 17.3 Å². The lowest BCUT2D eigenvalue weighted by atomic mass is 10.2. The topological polar surface area (TPSA) is 38.0 Å². The van der Waals surface area contributed by atoms with Gasteiger partial charge in [-0.25, -0.2) is 4.39 Å². The van der Waals surface area contributed by atoms with Crippen molar-refractivity contribution in [2.45, 2.75) is 6.04 Å². The molecule has 1 aromatic carbocycles. The third-order valence-electron chi connectivity index (χ3n) is 2.46. The Morgan fingerprint density at radius 1 is 1.44 bits per heavy atom. The molecule has 2 rings (SSSR count). The van der Waals surface area contributed by atoms with Crippen molar-refractivity contribution in [3.63, 3.8) is 0 Å². The highest BCUT2D eigenvalue weighted by molar-refractivity contribution is 9.10. The Balaban J connectivity index is 2.26. The van der Waals surface area contributed by atoms with Crippen molar-refractivity contribution in [1.82, 2.24) is 0 Å². The number of anilines is 1. The normalized spacial score (nSPS) is 12.4. The molecule has 18 heavy (non-hydrogen) atoms. The Bertz CT molecular complexity index is 547. The Morgan fingerprint density at radius 3 is 2.83 bits per heavy atom. The fourth-order valence-corrected chi connectivity index (χ4v) is 3.47. The van der Waals surface area contributed by atoms with Crippen molar-refractivity contribution in [3.8, 4) is 0 Å². The first-order chi connectivity index (χ1) is 8.61. The van der Waals surface area contributed by atoms with Gasteiger partial charge in [-0.15, -0.1) is 11.3 Å². The molecule has 0 saturated carbocycles. The Kier molecular flexibility index (Phi) is 4.61. The van der Waals surface area contributed by atoms with Crippen molar-refractivity contribution >= 4 is 44.6 Å². The fraction of sp³-hybridized carbons (Fsp3) is 0.167. The molecule has 0 spiro atoms. The molecule has 0 aliphatic heterocycles. The average molecular weight is 350 g/mol. The van der Waals surface area contributed by atoms with E-state index in [1.807, 2.05) is 11.4 Å². The summed E-state index contributed by atoms with van der Waals surface area (Å²) in [6, 6.07) is 6.07. The number of thiophene rings is 1. The van der Waals surface area contributed by atoms with Crippen molar-refractivity contribution < 1.29 is 4.39 Å². The summed E-state index contributed by atoms with van der Waals surface area (Å²) >= 11 is 11.1. The third kappa shape index (κ3) is 3.03. The largest absolute Gasteiger partial charge is 0.375 e. The van der Waals surface area contributed by atoms with Crippen LogP contribution < -0.4 is 11.1 Å². The molecule has 2 aromatic rings. The molecule has 0 amide bonds. The standard InChI is InChI=1S/C12H11BrClFN2S/c13-8-3-4-18-12(8)11(6-16)17-10-5-7(15)1-2-9(10)14/h1-5,11,17H,6,16H2. The molecule has 96 valence electrons. The van der Waals surface area contributed by atoms with Gasteiger partial charge in [0.1, 0.15) is 5.82 Å². The van der Waals surface area contributed by atoms with Crippen molar-refractivity contribution in [2.75, 3.05) is 11.9 Å². The first kappa shape index (κ1) is 13.8. The summed E-state index contributed by atoms with van der Waals surface area (Å²) in [6.07, 6.45) is 0. The number of rotatable bonds is 4. The van der Waals surface area contributed by atoms with Gasteiger partial charge in [0.25, 0.3) is 0 Å². The van der Waals surface area contributed by atoms with Crippen LogP contribution >= 0.6 is 38.9 Å². The molecule has 3 N–H and O–H groups in total. The van der Waals surface area contributed by atoms with E-state index in [4.69, 9.17) is 17.3 Å². The zero-order chi connectivity index (χ0) is 13.1. The minimum Gasteiger partial charge on any atom is -0.375 e. The quantitative estimate of drug-likeness (QED) is 0.858. The summed E-state index contributed by atoms with van der Waals surface area (Å²) in [5.41, 5.74) is 6.30. The number of benzene rings is 1. The van der Waals surface area contributed by atoms with Crippen molar-refractivity contribution in [3.05, 3.63) is 49.8 Å². The smallest absolute Gasteiger partial charge is 0.125 e. The minimum absolute atomic E-state index is 0.0984. The van der Waals surface area contributed by atoms with Gasteiger partial charge in [0.2, 0.25) is 0 Å². The van der Waals surface area contributed by atoms with Gasteiger partial charge in [-0.2, -0.15) is 0 Å². The van der Waals surface area contributed by atoms with Gasteiger partial charge in [-0.3, -0.25) is 0 Å². The number of nitrogens with two attached hydrogens (primary N) is 1. The lowest BCUT2D eigenvalue weighted by Crippen LogP contribution is -2.20. The molecule has 0 aliphatic rings. The summed E-state index contributed by atoms with van der Waals surface area (Å²) in [7, 11) is 0. The van der Waals surface area contributed by atoms with Crippen LogP contribution in [-0.4, -0.2) is 6.54 Å². The molecule has 1 atom stereocenters. The molecule has 1 heterocycles. The summed E-state index contributed by atoms with van der Waals surface area (Å²) in [5.74, 6) is -0.331. The maximum atomic E-state index is 13.2. The Morgan fingerprint density at radius 2 is 2.22 bits per heavy atom. The second-order valence-electron chi connectivity index (χ2n) is 3.69. The molecule has 0 fully saturated rings. The summed E-state index contributed by atoms with van der Waals surface area (Å²) < 4.78 is 14.2. The van der Waals surface area contributed by atoms with Gasteiger partial charge in [-0.05, 0) is 45.6 Å². The van der Waals surface area contributed by atoms with Crippen LogP contribution in [0.5, 0.6) is 0 Å². The van der Waals surface area contributed by atoms with Crippen LogP contribution in [0.15, 0.2) is 34.1 Å². The lowest BCUT2D eigenvalue weighted by molar-refractivity contribution is 0.627. The van der Waals surface area contributed by atoms with Crippen LogP contribution in [0.2, 0.25) is 5.02 Å². The molecule has 0 aliphatic carbocycles. The molecule has 0 bridgehead atoms. The maximum Gasteiger partial charge on any atom is 0.125 e. The molecule has 0 saturated heterocycles. The number of hydrogen-bond acceptors (Lipinski definition) is 3. The predicted octanol–water partition coefficient (Wildman–Crippen LogP) is 4.42. The van der Waals surface area contributed by atoms with E-state index in [9.17, 15) is 4.39 Å². The Hall–Kier alpha value is -0.620. The highest BCUT2D eigenvalue weighted by Gasteiger charge is 2.15. The molecule has 1 unspecified atom stereocenters. The summed E-state index contributed by atoms with van der Waals surface area (Å²) in [5, 5.41) is 5.61. The third-order valence-corrected chi connectivity index (χ3v) is 4.77. The maximum absolute atomic E-state index is 13.2. The SMILES string of the molecule is NCC(Nc1cc(F)ccc1Cl)c1sccc1Br. The molecule has 6 heteroatoms. The fourth-order valence-electron chi connectivity index (χ4n) is 1.58. The molecular weight excluding hydrogens is 339 g/mol. The van der Waals surface area contributed by atoms with Crippen molar-refractivity contribution in [1.29, 1.82) is 0 Å². The van der Waals surface area contributed by atoms with E-state index in [0.717, 1.165) is 9.35 Å². The minimum atomic E-state index is -0.331. The van der Waals surface area contributed by atoms with Crippen LogP contribution in [-0.2, 0) is 0 Å². The van der Waals surface area contributed by atoms with Crippen LogP contribution in [0.3, 0.4) is 0 Å². The second kappa shape index (κ2) is 6.02. The van der Waals surface area contributed by atoms with E-state index in [1.54, 1.807) is 11.3 Å². The van der Waals surface area contributed by atoms with Gasteiger partial charge >= 0.3 is 0 Å². The van der Waals surface area contributed by atoms with Gasteiger partial charge in [0.05, 0.1) is 16.8 Å². The van der Waals surface area contributed by atoms with Crippen LogP contribution in [0.4, 0.5) is 10.1 Å². The molecular formula is C12H11BrClFN2S. The van der Waals surface area contributed by atoms with Crippen LogP contribution in [0.25, 0.3) is 0 Å². The zero-order valence-corrected chi connectivity index (χ0v) is 12.4. The first-order valence-corrected chi connectivity index (χ1v) is 7.31. The van der Waals surface area contributed by atoms with Crippen molar-refractivity contribution in [2.24, 2.45) is 5.73 Å². The van der Waals surface area contributed by atoms with E-state index >= 15 is 0 Å². The molecule has 0 radical (unpaired) electrons. The van der Waals surface area contributed by atoms with E-state index in [-0.39, 0.29) is 11.9 Å². The van der Waals surface area contributed by atoms with Gasteiger partial charge in [0, 0.05) is 15.9 Å². The highest BCUT2D eigenvalue weighted by Crippen LogP contribution is 2.33. The lowest BCUT2D eigenvalue weighted by Gasteiger charge is -2.18. The number of nitrogens with one attached hydrogen (secondary N) is 1. The second-order valence-corrected chi connectivity index (χ2v) is 5.90. The van der Waals surface area contributed by atoms with E-state index < -0.39 is 0 Å². The zero-order valence-electron chi connectivity index (χ0n) is 9.29. The van der Waals surface area contributed by atoms with Crippen LogP contribution in [0, 0.1) is 5.82 Å². The predicted molar refractivity (Wildman–Crippen MR) is 78.8 cm³/mol. The highest BCUT2D eigenvalue weighted by atomic mass is 79.9. The first-order valence-electron chi connectivity index (χ1n) is 5.26. The van der Waals surface area contributed by atoms with E-state index in [1.165, 1.54) is 18.2 Å². The number of hydrogen-bond donors (Lipinski definition) is 2. The van der Waals surface area contributed by atoms with Gasteiger partial charge < -0.3 is 11.1 Å². The molecule has 2 nitrogen and oxygen atoms in total. The average Bonchev–Trinajstić information content (AvgIpc) is 2.77. The van der Waals surface area contributed by atoms with Gasteiger partial charge in [-0.1, -0.05) is 11.6 Å². The Labute approximate surface area is 122 Å². The monoisotopic (exact) mass is 348 g/mol. The van der Waals surface area contributed by atoms with Gasteiger partial charge in [0.15, 0.2) is 0 Å². The van der Waals surface area contributed by atoms with E-state index in [2.05, 4.69) is 21.2 Å². The van der Waals surface area contributed by atoms with Crippen LogP contribution in [0.1, 0.15) is 10.9 Å². The number of halogens is 3. The summed E-state index contributed by atoms with van der Waals surface area (Å²) in [6.45, 7) is 0.395. The summed E-state index contributed by atoms with van der Waals surface area (Å²) in [4.78, 5) is 1.07.